The molecule has 0 radical (unpaired) electrons. The van der Waals surface area contributed by atoms with Crippen molar-refractivity contribution in [3.63, 3.8) is 0 Å². The number of rotatable bonds is 2. The van der Waals surface area contributed by atoms with Crippen molar-refractivity contribution in [3.05, 3.63) is 18.6 Å². The van der Waals surface area contributed by atoms with Gasteiger partial charge < -0.3 is 4.74 Å². The zero-order valence-electron chi connectivity index (χ0n) is 7.24. The quantitative estimate of drug-likeness (QED) is 0.652. The lowest BCUT2D eigenvalue weighted by Crippen LogP contribution is -1.93. The van der Waals surface area contributed by atoms with Gasteiger partial charge in [0, 0.05) is 12.4 Å². The second kappa shape index (κ2) is 6.99. The van der Waals surface area contributed by atoms with Gasteiger partial charge in [-0.25, -0.2) is 4.98 Å². The van der Waals surface area contributed by atoms with Gasteiger partial charge in [-0.15, -0.1) is 0 Å². The summed E-state index contributed by atoms with van der Waals surface area (Å²) in [6.45, 7) is 6.55. The molecule has 0 atom stereocenters. The molecule has 0 saturated heterocycles. The monoisotopic (exact) mass is 154 g/mol. The smallest absolute Gasteiger partial charge is 0.232 e. The maximum Gasteiger partial charge on any atom is 0.232 e. The summed E-state index contributed by atoms with van der Waals surface area (Å²) in [6.07, 6.45) is 4.80. The first-order chi connectivity index (χ1) is 5.43. The second-order valence-electron chi connectivity index (χ2n) is 1.48. The van der Waals surface area contributed by atoms with E-state index in [1.165, 1.54) is 0 Å². The molecule has 1 rings (SSSR count). The highest BCUT2D eigenvalue weighted by atomic mass is 16.5. The van der Waals surface area contributed by atoms with Gasteiger partial charge in [0.05, 0.1) is 12.8 Å². The normalized spacial score (nSPS) is 7.91. The number of hydrogen-bond donors (Lipinski definition) is 0. The van der Waals surface area contributed by atoms with Crippen molar-refractivity contribution < 1.29 is 4.74 Å². The first-order valence-corrected chi connectivity index (χ1v) is 3.82. The molecule has 0 amide bonds. The topological polar surface area (TPSA) is 35.0 Å². The molecule has 62 valence electrons. The average molecular weight is 154 g/mol. The predicted molar refractivity (Wildman–Crippen MR) is 44.5 cm³/mol. The lowest BCUT2D eigenvalue weighted by atomic mass is 10.7. The fraction of sp³-hybridized carbons (Fsp3) is 0.500. The lowest BCUT2D eigenvalue weighted by Gasteiger charge is -1.96. The first kappa shape index (κ1) is 9.88. The molecule has 0 aliphatic rings. The van der Waals surface area contributed by atoms with Crippen molar-refractivity contribution in [2.45, 2.75) is 20.8 Å². The van der Waals surface area contributed by atoms with E-state index in [9.17, 15) is 0 Å². The molecule has 0 aliphatic heterocycles. The summed E-state index contributed by atoms with van der Waals surface area (Å²) in [6, 6.07) is 0. The molecule has 1 aromatic heterocycles. The molecule has 0 spiro atoms. The Kier molecular flexibility index (Phi) is 6.28. The molecule has 0 bridgehead atoms. The lowest BCUT2D eigenvalue weighted by molar-refractivity contribution is 0.325. The molecule has 0 fully saturated rings. The van der Waals surface area contributed by atoms with E-state index in [1.54, 1.807) is 18.6 Å². The van der Waals surface area contributed by atoms with Crippen LogP contribution < -0.4 is 4.74 Å². The fourth-order valence-corrected chi connectivity index (χ4v) is 0.508. The summed E-state index contributed by atoms with van der Waals surface area (Å²) in [5, 5.41) is 0. The molecule has 11 heavy (non-hydrogen) atoms. The Morgan fingerprint density at radius 2 is 2.09 bits per heavy atom. The van der Waals surface area contributed by atoms with Gasteiger partial charge in [0.2, 0.25) is 5.88 Å². The largest absolute Gasteiger partial charge is 0.477 e. The van der Waals surface area contributed by atoms with Gasteiger partial charge in [-0.3, -0.25) is 4.98 Å². The molecular formula is C8H14N2O. The molecule has 0 unspecified atom stereocenters. The summed E-state index contributed by atoms with van der Waals surface area (Å²) in [5.74, 6) is 0.583. The minimum Gasteiger partial charge on any atom is -0.477 e. The summed E-state index contributed by atoms with van der Waals surface area (Å²) in [7, 11) is 0. The second-order valence-corrected chi connectivity index (χ2v) is 1.48. The van der Waals surface area contributed by atoms with Crippen molar-refractivity contribution in [3.8, 4) is 5.88 Å². The minimum absolute atomic E-state index is 0.583. The average Bonchev–Trinajstić information content (AvgIpc) is 2.11. The number of hydrogen-bond acceptors (Lipinski definition) is 3. The molecular weight excluding hydrogens is 140 g/mol. The van der Waals surface area contributed by atoms with E-state index < -0.39 is 0 Å². The van der Waals surface area contributed by atoms with Crippen molar-refractivity contribution in [2.75, 3.05) is 6.61 Å². The Morgan fingerprint density at radius 3 is 2.55 bits per heavy atom. The van der Waals surface area contributed by atoms with Crippen LogP contribution in [0.4, 0.5) is 0 Å². The van der Waals surface area contributed by atoms with Crippen LogP contribution in [0.3, 0.4) is 0 Å². The van der Waals surface area contributed by atoms with Crippen LogP contribution >= 0.6 is 0 Å². The third kappa shape index (κ3) is 4.31. The fourth-order valence-electron chi connectivity index (χ4n) is 0.508. The summed E-state index contributed by atoms with van der Waals surface area (Å²) in [5.41, 5.74) is 0. The van der Waals surface area contributed by atoms with Gasteiger partial charge in [0.1, 0.15) is 0 Å². The van der Waals surface area contributed by atoms with E-state index in [0.29, 0.717) is 12.5 Å². The van der Waals surface area contributed by atoms with Crippen molar-refractivity contribution >= 4 is 0 Å². The molecule has 1 aromatic rings. The van der Waals surface area contributed by atoms with Crippen LogP contribution in [0.1, 0.15) is 20.8 Å². The van der Waals surface area contributed by atoms with Crippen LogP contribution in [0, 0.1) is 0 Å². The maximum absolute atomic E-state index is 5.03. The third-order valence-electron chi connectivity index (χ3n) is 0.832. The van der Waals surface area contributed by atoms with Gasteiger partial charge in [0.25, 0.3) is 0 Å². The zero-order valence-corrected chi connectivity index (χ0v) is 7.24. The van der Waals surface area contributed by atoms with Gasteiger partial charge in [-0.05, 0) is 6.92 Å². The van der Waals surface area contributed by atoms with E-state index in [4.69, 9.17) is 4.74 Å². The van der Waals surface area contributed by atoms with Crippen LogP contribution in [0.5, 0.6) is 5.88 Å². The highest BCUT2D eigenvalue weighted by Crippen LogP contribution is 1.98. The number of aromatic nitrogens is 2. The highest BCUT2D eigenvalue weighted by Gasteiger charge is 1.86. The van der Waals surface area contributed by atoms with E-state index in [1.807, 2.05) is 20.8 Å². The molecule has 3 heteroatoms. The summed E-state index contributed by atoms with van der Waals surface area (Å²) < 4.78 is 5.03. The van der Waals surface area contributed by atoms with Crippen LogP contribution in [-0.2, 0) is 0 Å². The Morgan fingerprint density at radius 1 is 1.36 bits per heavy atom. The predicted octanol–water partition coefficient (Wildman–Crippen LogP) is 1.90. The Labute approximate surface area is 67.4 Å². The molecule has 0 aliphatic carbocycles. The van der Waals surface area contributed by atoms with Gasteiger partial charge in [-0.1, -0.05) is 13.8 Å². The molecule has 0 saturated carbocycles. The number of nitrogens with zero attached hydrogens (tertiary/aromatic N) is 2. The van der Waals surface area contributed by atoms with Crippen LogP contribution in [0.25, 0.3) is 0 Å². The van der Waals surface area contributed by atoms with Crippen LogP contribution in [-0.4, -0.2) is 16.6 Å². The Bertz CT molecular complexity index is 165. The molecule has 0 aromatic carbocycles. The zero-order chi connectivity index (χ0) is 8.53. The standard InChI is InChI=1S/C6H8N2O.C2H6/c1-2-9-6-5-7-3-4-8-6;1-2/h3-5H,2H2,1H3;1-2H3. The van der Waals surface area contributed by atoms with Crippen molar-refractivity contribution in [1.29, 1.82) is 0 Å². The van der Waals surface area contributed by atoms with Crippen LogP contribution in [0.15, 0.2) is 18.6 Å². The van der Waals surface area contributed by atoms with Gasteiger partial charge in [-0.2, -0.15) is 0 Å². The SMILES string of the molecule is CC.CCOc1cnccn1. The third-order valence-corrected chi connectivity index (χ3v) is 0.832. The van der Waals surface area contributed by atoms with E-state index in [2.05, 4.69) is 9.97 Å². The molecule has 3 nitrogen and oxygen atoms in total. The Balaban J connectivity index is 0.000000461. The Hall–Kier alpha value is -1.12. The van der Waals surface area contributed by atoms with E-state index >= 15 is 0 Å². The van der Waals surface area contributed by atoms with Crippen LogP contribution in [0.2, 0.25) is 0 Å². The number of ether oxygens (including phenoxy) is 1. The highest BCUT2D eigenvalue weighted by molar-refractivity contribution is 5.00. The minimum atomic E-state index is 0.583. The molecule has 0 N–H and O–H groups in total. The van der Waals surface area contributed by atoms with E-state index in [0.717, 1.165) is 0 Å². The molecule has 1 heterocycles. The van der Waals surface area contributed by atoms with Gasteiger partial charge >= 0.3 is 0 Å². The van der Waals surface area contributed by atoms with Gasteiger partial charge in [0.15, 0.2) is 0 Å². The summed E-state index contributed by atoms with van der Waals surface area (Å²) in [4.78, 5) is 7.70. The van der Waals surface area contributed by atoms with Crippen molar-refractivity contribution in [1.82, 2.24) is 9.97 Å². The van der Waals surface area contributed by atoms with E-state index in [-0.39, 0.29) is 0 Å². The maximum atomic E-state index is 5.03. The summed E-state index contributed by atoms with van der Waals surface area (Å²) >= 11 is 0. The van der Waals surface area contributed by atoms with Crippen molar-refractivity contribution in [2.24, 2.45) is 0 Å². The first-order valence-electron chi connectivity index (χ1n) is 3.82.